The molecule has 9 rings (SSSR count). The van der Waals surface area contributed by atoms with E-state index in [-0.39, 0.29) is 5.41 Å². The van der Waals surface area contributed by atoms with Gasteiger partial charge in [0.2, 0.25) is 0 Å². The molecule has 0 saturated carbocycles. The van der Waals surface area contributed by atoms with Crippen LogP contribution in [0.5, 0.6) is 0 Å². The molecule has 0 unspecified atom stereocenters. The monoisotopic (exact) mass is 604 g/mol. The summed E-state index contributed by atoms with van der Waals surface area (Å²) < 4.78 is 11.0. The van der Waals surface area contributed by atoms with Crippen LogP contribution in [0.3, 0.4) is 0 Å². The van der Waals surface area contributed by atoms with Gasteiger partial charge in [-0.25, -0.2) is 0 Å². The molecular weight excluding hydrogens is 576 g/mol. The first kappa shape index (κ1) is 27.0. The number of fused-ring (bicyclic) bond motifs is 10. The van der Waals surface area contributed by atoms with Crippen LogP contribution in [0.4, 0.5) is 0 Å². The first-order valence-corrected chi connectivity index (χ1v) is 15.7. The molecule has 6 aromatic carbocycles. The van der Waals surface area contributed by atoms with Crippen molar-refractivity contribution >= 4 is 65.6 Å². The summed E-state index contributed by atoms with van der Waals surface area (Å²) in [5.74, 6) is 0. The number of furan rings is 1. The standard InChI is InChI=1S/C42H28N4O/c1-42(2,3)26-17-20-35-31(22-26)39-36(21-18-30-29-12-6-9-15-38(29)47-41(30)39)45(35)37-19-16-25(23-43)32(24-44)40(37)46-33-13-7-4-10-27(33)28-11-5-8-14-34(28)46/h4-22H,1-3H3. The zero-order valence-corrected chi connectivity index (χ0v) is 26.2. The van der Waals surface area contributed by atoms with Crippen LogP contribution in [0, 0.1) is 22.7 Å². The number of para-hydroxylation sites is 3. The van der Waals surface area contributed by atoms with Crippen molar-refractivity contribution < 1.29 is 4.42 Å². The van der Waals surface area contributed by atoms with Gasteiger partial charge in [0, 0.05) is 26.9 Å². The number of hydrogen-bond donors (Lipinski definition) is 0. The van der Waals surface area contributed by atoms with Crippen molar-refractivity contribution in [3.8, 4) is 23.5 Å². The summed E-state index contributed by atoms with van der Waals surface area (Å²) in [5.41, 5.74) is 8.90. The van der Waals surface area contributed by atoms with E-state index in [1.807, 2.05) is 48.5 Å². The van der Waals surface area contributed by atoms with E-state index in [0.717, 1.165) is 71.2 Å². The Hall–Kier alpha value is -6.30. The average Bonchev–Trinajstić information content (AvgIpc) is 3.74. The van der Waals surface area contributed by atoms with E-state index >= 15 is 0 Å². The molecule has 0 aliphatic carbocycles. The molecule has 0 spiro atoms. The highest BCUT2D eigenvalue weighted by atomic mass is 16.3. The van der Waals surface area contributed by atoms with Gasteiger partial charge in [0.25, 0.3) is 0 Å². The summed E-state index contributed by atoms with van der Waals surface area (Å²) in [6.45, 7) is 6.68. The Balaban J connectivity index is 1.51. The van der Waals surface area contributed by atoms with Gasteiger partial charge in [-0.1, -0.05) is 81.4 Å². The van der Waals surface area contributed by atoms with E-state index in [2.05, 4.69) is 103 Å². The lowest BCUT2D eigenvalue weighted by molar-refractivity contribution is 0.591. The second-order valence-electron chi connectivity index (χ2n) is 13.2. The Labute approximate surface area is 270 Å². The van der Waals surface area contributed by atoms with Crippen molar-refractivity contribution in [3.05, 3.63) is 132 Å². The molecule has 0 amide bonds. The molecule has 3 heterocycles. The second kappa shape index (κ2) is 9.60. The number of nitrogens with zero attached hydrogens (tertiary/aromatic N) is 4. The summed E-state index contributed by atoms with van der Waals surface area (Å²) in [4.78, 5) is 0. The van der Waals surface area contributed by atoms with Crippen molar-refractivity contribution in [1.82, 2.24) is 9.13 Å². The van der Waals surface area contributed by atoms with Crippen molar-refractivity contribution in [2.75, 3.05) is 0 Å². The third kappa shape index (κ3) is 3.69. The number of aromatic nitrogens is 2. The lowest BCUT2D eigenvalue weighted by Crippen LogP contribution is -2.10. The maximum Gasteiger partial charge on any atom is 0.145 e. The molecule has 0 aliphatic rings. The maximum absolute atomic E-state index is 10.7. The molecule has 0 atom stereocenters. The number of hydrogen-bond acceptors (Lipinski definition) is 3. The fourth-order valence-electron chi connectivity index (χ4n) is 7.37. The third-order valence-electron chi connectivity index (χ3n) is 9.57. The predicted molar refractivity (Wildman–Crippen MR) is 191 cm³/mol. The molecule has 9 aromatic rings. The fourth-order valence-corrected chi connectivity index (χ4v) is 7.37. The molecule has 222 valence electrons. The normalized spacial score (nSPS) is 12.1. The minimum absolute atomic E-state index is 0.0685. The molecule has 0 fully saturated rings. The van der Waals surface area contributed by atoms with Crippen molar-refractivity contribution in [1.29, 1.82) is 10.5 Å². The lowest BCUT2D eigenvalue weighted by Gasteiger charge is -2.20. The number of rotatable bonds is 2. The van der Waals surface area contributed by atoms with Crippen LogP contribution in [0.1, 0.15) is 37.5 Å². The SMILES string of the molecule is CC(C)(C)c1ccc2c(c1)c1c3oc4ccccc4c3ccc1n2-c1ccc(C#N)c(C#N)c1-n1c2ccccc2c2ccccc21. The van der Waals surface area contributed by atoms with Crippen molar-refractivity contribution in [2.24, 2.45) is 0 Å². The van der Waals surface area contributed by atoms with E-state index in [1.165, 1.54) is 5.56 Å². The molecule has 0 saturated heterocycles. The summed E-state index contributed by atoms with van der Waals surface area (Å²) >= 11 is 0. The van der Waals surface area contributed by atoms with Gasteiger partial charge in [-0.2, -0.15) is 10.5 Å². The Bertz CT molecular complexity index is 2800. The van der Waals surface area contributed by atoms with Crippen LogP contribution >= 0.6 is 0 Å². The van der Waals surface area contributed by atoms with Gasteiger partial charge in [-0.05, 0) is 65.6 Å². The summed E-state index contributed by atoms with van der Waals surface area (Å²) in [5, 5.41) is 27.4. The van der Waals surface area contributed by atoms with Gasteiger partial charge >= 0.3 is 0 Å². The highest BCUT2D eigenvalue weighted by molar-refractivity contribution is 6.24. The van der Waals surface area contributed by atoms with Gasteiger partial charge < -0.3 is 13.6 Å². The topological polar surface area (TPSA) is 70.6 Å². The molecule has 0 radical (unpaired) electrons. The molecule has 0 aliphatic heterocycles. The van der Waals surface area contributed by atoms with Gasteiger partial charge in [0.15, 0.2) is 0 Å². The van der Waals surface area contributed by atoms with Gasteiger partial charge in [0.1, 0.15) is 23.3 Å². The predicted octanol–water partition coefficient (Wildman–Crippen LogP) is 10.8. The third-order valence-corrected chi connectivity index (χ3v) is 9.57. The quantitative estimate of drug-likeness (QED) is 0.197. The molecule has 5 heteroatoms. The van der Waals surface area contributed by atoms with Crippen LogP contribution in [-0.4, -0.2) is 9.13 Å². The number of nitriles is 2. The van der Waals surface area contributed by atoms with Gasteiger partial charge in [0.05, 0.1) is 50.0 Å². The molecular formula is C42H28N4O. The van der Waals surface area contributed by atoms with Crippen LogP contribution in [0.25, 0.3) is 76.9 Å². The second-order valence-corrected chi connectivity index (χ2v) is 13.2. The van der Waals surface area contributed by atoms with Crippen LogP contribution in [0.2, 0.25) is 0 Å². The summed E-state index contributed by atoms with van der Waals surface area (Å²) in [6, 6.07) is 44.1. The minimum Gasteiger partial charge on any atom is -0.455 e. The number of benzene rings is 6. The summed E-state index contributed by atoms with van der Waals surface area (Å²) in [7, 11) is 0. The van der Waals surface area contributed by atoms with E-state index in [4.69, 9.17) is 4.42 Å². The zero-order chi connectivity index (χ0) is 32.0. The van der Waals surface area contributed by atoms with E-state index in [9.17, 15) is 10.5 Å². The summed E-state index contributed by atoms with van der Waals surface area (Å²) in [6.07, 6.45) is 0. The van der Waals surface area contributed by atoms with E-state index in [1.54, 1.807) is 6.07 Å². The highest BCUT2D eigenvalue weighted by Crippen LogP contribution is 2.44. The van der Waals surface area contributed by atoms with E-state index < -0.39 is 0 Å². The smallest absolute Gasteiger partial charge is 0.145 e. The van der Waals surface area contributed by atoms with Gasteiger partial charge in [-0.15, -0.1) is 0 Å². The lowest BCUT2D eigenvalue weighted by atomic mass is 9.86. The maximum atomic E-state index is 10.7. The molecule has 0 N–H and O–H groups in total. The average molecular weight is 605 g/mol. The van der Waals surface area contributed by atoms with Crippen molar-refractivity contribution in [3.63, 3.8) is 0 Å². The largest absolute Gasteiger partial charge is 0.455 e. The zero-order valence-electron chi connectivity index (χ0n) is 26.2. The van der Waals surface area contributed by atoms with Gasteiger partial charge in [-0.3, -0.25) is 0 Å². The molecule has 47 heavy (non-hydrogen) atoms. The first-order chi connectivity index (χ1) is 22.9. The van der Waals surface area contributed by atoms with Crippen LogP contribution in [0.15, 0.2) is 120 Å². The molecule has 3 aromatic heterocycles. The Morgan fingerprint density at radius 2 is 1.21 bits per heavy atom. The Kier molecular flexibility index (Phi) is 5.52. The van der Waals surface area contributed by atoms with Crippen LogP contribution in [-0.2, 0) is 5.41 Å². The first-order valence-electron chi connectivity index (χ1n) is 15.7. The minimum atomic E-state index is -0.0685. The molecule has 5 nitrogen and oxygen atoms in total. The van der Waals surface area contributed by atoms with Crippen LogP contribution < -0.4 is 0 Å². The Morgan fingerprint density at radius 3 is 1.89 bits per heavy atom. The highest BCUT2D eigenvalue weighted by Gasteiger charge is 2.26. The Morgan fingerprint density at radius 1 is 0.574 bits per heavy atom. The molecule has 0 bridgehead atoms. The van der Waals surface area contributed by atoms with Crippen molar-refractivity contribution in [2.45, 2.75) is 26.2 Å². The van der Waals surface area contributed by atoms with E-state index in [0.29, 0.717) is 16.8 Å². The fraction of sp³-hybridized carbons (Fsp3) is 0.0952.